The van der Waals surface area contributed by atoms with Crippen LogP contribution in [-0.4, -0.2) is 12.3 Å². The molecule has 2 atom stereocenters. The molecule has 0 bridgehead atoms. The second-order valence-electron chi connectivity index (χ2n) is 21.5. The smallest absolute Gasteiger partial charge is 0.252 e. The van der Waals surface area contributed by atoms with E-state index in [-0.39, 0.29) is 17.7 Å². The zero-order chi connectivity index (χ0) is 49.4. The highest BCUT2D eigenvalue weighted by Gasteiger charge is 2.57. The van der Waals surface area contributed by atoms with Crippen molar-refractivity contribution < 1.29 is 0 Å². The van der Waals surface area contributed by atoms with E-state index in [0.717, 1.165) is 17.8 Å². The molecule has 0 N–H and O–H groups in total. The summed E-state index contributed by atoms with van der Waals surface area (Å²) in [6, 6.07) is 91.2. The Bertz CT molecular complexity index is 3540. The highest BCUT2D eigenvalue weighted by atomic mass is 15.3. The fraction of sp³-hybridized carbons (Fsp3) is 0.143. The van der Waals surface area contributed by atoms with Gasteiger partial charge in [0.05, 0.1) is 5.54 Å². The minimum absolute atomic E-state index is 0.0402. The van der Waals surface area contributed by atoms with Crippen molar-refractivity contribution >= 4 is 68.6 Å². The maximum absolute atomic E-state index is 2.81. The highest BCUT2D eigenvalue weighted by molar-refractivity contribution is 7.00. The maximum Gasteiger partial charge on any atom is 0.252 e. The molecule has 14 rings (SSSR count). The molecule has 3 nitrogen and oxygen atoms in total. The summed E-state index contributed by atoms with van der Waals surface area (Å²) < 4.78 is 0. The first kappa shape index (κ1) is 44.4. The summed E-state index contributed by atoms with van der Waals surface area (Å²) in [6.07, 6.45) is 7.29. The lowest BCUT2D eigenvalue weighted by molar-refractivity contribution is 0.218. The molecule has 0 spiro atoms. The zero-order valence-corrected chi connectivity index (χ0v) is 42.3. The van der Waals surface area contributed by atoms with Crippen LogP contribution in [0.25, 0.3) is 44.5 Å². The Morgan fingerprint density at radius 1 is 0.324 bits per heavy atom. The molecule has 3 aliphatic heterocycles. The van der Waals surface area contributed by atoms with E-state index in [1.807, 2.05) is 0 Å². The van der Waals surface area contributed by atoms with Gasteiger partial charge in [-0.25, -0.2) is 0 Å². The van der Waals surface area contributed by atoms with Crippen LogP contribution in [0.2, 0.25) is 0 Å². The van der Waals surface area contributed by atoms with Crippen molar-refractivity contribution in [2.24, 2.45) is 0 Å². The van der Waals surface area contributed by atoms with Crippen LogP contribution < -0.4 is 31.1 Å². The van der Waals surface area contributed by atoms with Gasteiger partial charge in [-0.05, 0) is 141 Å². The summed E-state index contributed by atoms with van der Waals surface area (Å²) >= 11 is 0. The minimum atomic E-state index is -0.173. The van der Waals surface area contributed by atoms with Gasteiger partial charge in [-0.1, -0.05) is 221 Å². The van der Waals surface area contributed by atoms with Crippen LogP contribution >= 0.6 is 0 Å². The van der Waals surface area contributed by atoms with Crippen LogP contribution in [0.1, 0.15) is 57.9 Å². The van der Waals surface area contributed by atoms with E-state index in [2.05, 4.69) is 271 Å². The molecular weight excluding hydrogens is 894 g/mol. The SMILES string of the molecule is CC12CCCCCCC1(C)N(c1cc3c4c(c1)N(c1cccc(-c5ccccc5)c1)c1cc(-c5ccccc5)ccc1B4c1ccc(-c4ccccc4)cc1N3c1cccc(-c3ccccc3)c1)c1ccccc12. The third-order valence-electron chi connectivity index (χ3n) is 17.5. The lowest BCUT2D eigenvalue weighted by Gasteiger charge is -2.50. The average molecular weight is 952 g/mol. The number of anilines is 8. The van der Waals surface area contributed by atoms with Gasteiger partial charge < -0.3 is 14.7 Å². The molecule has 4 heteroatoms. The number of fused-ring (bicyclic) bond motifs is 7. The number of hydrogen-bond acceptors (Lipinski definition) is 3. The molecule has 1 fully saturated rings. The van der Waals surface area contributed by atoms with Crippen molar-refractivity contribution in [1.29, 1.82) is 0 Å². The first-order chi connectivity index (χ1) is 36.4. The number of hydrogen-bond donors (Lipinski definition) is 0. The van der Waals surface area contributed by atoms with Crippen LogP contribution in [0.15, 0.2) is 243 Å². The lowest BCUT2D eigenvalue weighted by atomic mass is 9.33. The second-order valence-corrected chi connectivity index (χ2v) is 21.5. The van der Waals surface area contributed by atoms with Gasteiger partial charge >= 0.3 is 0 Å². The largest absolute Gasteiger partial charge is 0.334 e. The Morgan fingerprint density at radius 2 is 0.743 bits per heavy atom. The molecule has 0 aromatic heterocycles. The van der Waals surface area contributed by atoms with E-state index in [9.17, 15) is 0 Å². The first-order valence-electron chi connectivity index (χ1n) is 26.8. The molecule has 0 amide bonds. The fourth-order valence-corrected chi connectivity index (χ4v) is 13.6. The van der Waals surface area contributed by atoms with Gasteiger partial charge in [-0.3, -0.25) is 0 Å². The Labute approximate surface area is 437 Å². The van der Waals surface area contributed by atoms with Crippen molar-refractivity contribution in [2.75, 3.05) is 14.7 Å². The predicted octanol–water partition coefficient (Wildman–Crippen LogP) is 17.0. The van der Waals surface area contributed by atoms with Crippen molar-refractivity contribution in [3.63, 3.8) is 0 Å². The van der Waals surface area contributed by atoms with Crippen LogP contribution in [0, 0.1) is 0 Å². The topological polar surface area (TPSA) is 9.72 Å². The third kappa shape index (κ3) is 7.02. The van der Waals surface area contributed by atoms with Crippen LogP contribution in [0.5, 0.6) is 0 Å². The first-order valence-corrected chi connectivity index (χ1v) is 26.8. The van der Waals surface area contributed by atoms with Gasteiger partial charge in [0.2, 0.25) is 0 Å². The molecule has 0 saturated heterocycles. The number of rotatable bonds is 7. The standard InChI is InChI=1S/C70H58BN3/c1-69-41-19-3-4-20-42-70(69,2)74(63-36-18-17-35-60(63)69)59-47-66-68-67(48-59)73(58-34-22-32-54(44-58)50-25-11-6-12-26-50)65-46-56(52-29-15-8-16-30-52)38-40-62(65)71(68)61-39-37-55(51-27-13-7-14-28-51)45-64(61)72(66)57-33-21-31-53(43-57)49-23-9-5-10-24-49/h5-18,21-40,43-48H,3-4,19-20,41-42H2,1-2H3. The predicted molar refractivity (Wildman–Crippen MR) is 314 cm³/mol. The summed E-state index contributed by atoms with van der Waals surface area (Å²) in [7, 11) is 0. The number of benzene rings is 10. The Kier molecular flexibility index (Phi) is 10.6. The second kappa shape index (κ2) is 17.7. The molecule has 10 aromatic carbocycles. The van der Waals surface area contributed by atoms with Gasteiger partial charge in [-0.15, -0.1) is 0 Å². The van der Waals surface area contributed by atoms with Crippen LogP contribution in [0.4, 0.5) is 45.5 Å². The molecule has 4 aliphatic rings. The van der Waals surface area contributed by atoms with Gasteiger partial charge in [0.25, 0.3) is 6.71 Å². The average Bonchev–Trinajstić information content (AvgIpc) is 3.65. The van der Waals surface area contributed by atoms with Crippen molar-refractivity contribution in [3.05, 3.63) is 248 Å². The molecule has 10 aromatic rings. The Hall–Kier alpha value is -8.34. The summed E-state index contributed by atoms with van der Waals surface area (Å²) in [5, 5.41) is 0. The molecule has 74 heavy (non-hydrogen) atoms. The third-order valence-corrected chi connectivity index (χ3v) is 17.5. The lowest BCUT2D eigenvalue weighted by Crippen LogP contribution is -2.61. The van der Waals surface area contributed by atoms with E-state index in [1.54, 1.807) is 0 Å². The minimum Gasteiger partial charge on any atom is -0.334 e. The van der Waals surface area contributed by atoms with Gasteiger partial charge in [0.1, 0.15) is 0 Å². The van der Waals surface area contributed by atoms with Gasteiger partial charge in [0, 0.05) is 50.9 Å². The summed E-state index contributed by atoms with van der Waals surface area (Å²) in [4.78, 5) is 8.05. The summed E-state index contributed by atoms with van der Waals surface area (Å²) in [6.45, 7) is 5.13. The molecule has 2 unspecified atom stereocenters. The van der Waals surface area contributed by atoms with Gasteiger partial charge in [-0.2, -0.15) is 0 Å². The van der Waals surface area contributed by atoms with Crippen molar-refractivity contribution in [1.82, 2.24) is 0 Å². The molecule has 1 saturated carbocycles. The van der Waals surface area contributed by atoms with E-state index >= 15 is 0 Å². The molecule has 0 radical (unpaired) electrons. The van der Waals surface area contributed by atoms with Crippen LogP contribution in [-0.2, 0) is 5.41 Å². The molecule has 1 aliphatic carbocycles. The Balaban J connectivity index is 1.10. The van der Waals surface area contributed by atoms with E-state index in [4.69, 9.17) is 0 Å². The molecule has 3 heterocycles. The van der Waals surface area contributed by atoms with E-state index in [1.165, 1.54) is 133 Å². The monoisotopic (exact) mass is 951 g/mol. The summed E-state index contributed by atoms with van der Waals surface area (Å²) in [5.74, 6) is 0. The van der Waals surface area contributed by atoms with Crippen molar-refractivity contribution in [3.8, 4) is 44.5 Å². The van der Waals surface area contributed by atoms with Gasteiger partial charge in [0.15, 0.2) is 0 Å². The van der Waals surface area contributed by atoms with E-state index < -0.39 is 0 Å². The normalized spacial score (nSPS) is 18.4. The molecular formula is C70H58BN3. The Morgan fingerprint density at radius 3 is 1.23 bits per heavy atom. The number of nitrogens with zero attached hydrogens (tertiary/aromatic N) is 3. The summed E-state index contributed by atoms with van der Waals surface area (Å²) in [5.41, 5.74) is 24.5. The van der Waals surface area contributed by atoms with Crippen LogP contribution in [0.3, 0.4) is 0 Å². The number of para-hydroxylation sites is 1. The fourth-order valence-electron chi connectivity index (χ4n) is 13.6. The molecule has 356 valence electrons. The van der Waals surface area contributed by atoms with E-state index in [0.29, 0.717) is 0 Å². The zero-order valence-electron chi connectivity index (χ0n) is 42.3. The highest BCUT2D eigenvalue weighted by Crippen LogP contribution is 2.61. The quantitative estimate of drug-likeness (QED) is 0.147. The maximum atomic E-state index is 2.81. The van der Waals surface area contributed by atoms with Crippen molar-refractivity contribution in [2.45, 2.75) is 63.3 Å².